The van der Waals surface area contributed by atoms with E-state index in [1.165, 1.54) is 12.1 Å². The first kappa shape index (κ1) is 19.4. The molecule has 3 rings (SSSR count). The Morgan fingerprint density at radius 1 is 1.15 bits per heavy atom. The average molecular weight is 388 g/mol. The standard InChI is InChI=1S/C20H25N3O3S/c1-14-9-10-17(27(25,26)22-19-8-4-3-6-15(19)2)12-18(14)20(24)23-11-5-7-16(21)13-23/h3-4,6,8-10,12,16,22H,5,7,11,13,21H2,1-2H3. The Morgan fingerprint density at radius 2 is 1.89 bits per heavy atom. The van der Waals surface area contributed by atoms with Crippen LogP contribution >= 0.6 is 0 Å². The van der Waals surface area contributed by atoms with Crippen molar-refractivity contribution in [2.24, 2.45) is 5.73 Å². The number of nitrogens with two attached hydrogens (primary N) is 1. The van der Waals surface area contributed by atoms with Gasteiger partial charge < -0.3 is 10.6 Å². The predicted molar refractivity (Wildman–Crippen MR) is 106 cm³/mol. The van der Waals surface area contributed by atoms with E-state index < -0.39 is 10.0 Å². The summed E-state index contributed by atoms with van der Waals surface area (Å²) in [5.74, 6) is -0.171. The van der Waals surface area contributed by atoms with E-state index in [0.29, 0.717) is 24.3 Å². The number of rotatable bonds is 4. The van der Waals surface area contributed by atoms with Crippen LogP contribution in [0, 0.1) is 13.8 Å². The highest BCUT2D eigenvalue weighted by molar-refractivity contribution is 7.92. The molecule has 0 saturated carbocycles. The van der Waals surface area contributed by atoms with Gasteiger partial charge >= 0.3 is 0 Å². The fourth-order valence-corrected chi connectivity index (χ4v) is 4.41. The van der Waals surface area contributed by atoms with E-state index in [2.05, 4.69) is 4.72 Å². The highest BCUT2D eigenvalue weighted by atomic mass is 32.2. The van der Waals surface area contributed by atoms with E-state index in [-0.39, 0.29) is 16.8 Å². The number of carbonyl (C=O) groups excluding carboxylic acids is 1. The molecule has 1 fully saturated rings. The number of likely N-dealkylation sites (tertiary alicyclic amines) is 1. The Kier molecular flexibility index (Phi) is 5.53. The molecule has 1 heterocycles. The smallest absolute Gasteiger partial charge is 0.261 e. The Hall–Kier alpha value is -2.38. The molecule has 144 valence electrons. The quantitative estimate of drug-likeness (QED) is 0.844. The number of para-hydroxylation sites is 1. The summed E-state index contributed by atoms with van der Waals surface area (Å²) in [7, 11) is -3.80. The zero-order chi connectivity index (χ0) is 19.6. The first-order valence-corrected chi connectivity index (χ1v) is 10.5. The molecule has 1 saturated heterocycles. The number of anilines is 1. The van der Waals surface area contributed by atoms with Crippen molar-refractivity contribution in [2.45, 2.75) is 37.6 Å². The topological polar surface area (TPSA) is 92.5 Å². The number of nitrogens with one attached hydrogen (secondary N) is 1. The van der Waals surface area contributed by atoms with Crippen LogP contribution in [0.4, 0.5) is 5.69 Å². The number of nitrogens with zero attached hydrogens (tertiary/aromatic N) is 1. The summed E-state index contributed by atoms with van der Waals surface area (Å²) in [5, 5.41) is 0. The van der Waals surface area contributed by atoms with Gasteiger partial charge in [0.1, 0.15) is 0 Å². The van der Waals surface area contributed by atoms with Crippen LogP contribution in [-0.4, -0.2) is 38.4 Å². The molecule has 0 aromatic heterocycles. The molecule has 3 N–H and O–H groups in total. The molecular formula is C20H25N3O3S. The lowest BCUT2D eigenvalue weighted by atomic mass is 10.0. The van der Waals surface area contributed by atoms with Crippen molar-refractivity contribution in [3.05, 3.63) is 59.2 Å². The number of aryl methyl sites for hydroxylation is 2. The van der Waals surface area contributed by atoms with Gasteiger partial charge in [-0.25, -0.2) is 8.42 Å². The summed E-state index contributed by atoms with van der Waals surface area (Å²) >= 11 is 0. The monoisotopic (exact) mass is 387 g/mol. The Morgan fingerprint density at radius 3 is 2.59 bits per heavy atom. The molecular weight excluding hydrogens is 362 g/mol. The molecule has 0 aliphatic carbocycles. The van der Waals surface area contributed by atoms with Crippen LogP contribution in [0.2, 0.25) is 0 Å². The van der Waals surface area contributed by atoms with Gasteiger partial charge in [0.25, 0.3) is 15.9 Å². The van der Waals surface area contributed by atoms with Crippen LogP contribution < -0.4 is 10.5 Å². The molecule has 1 amide bonds. The maximum Gasteiger partial charge on any atom is 0.261 e. The van der Waals surface area contributed by atoms with E-state index in [4.69, 9.17) is 5.73 Å². The molecule has 1 aliphatic rings. The molecule has 0 bridgehead atoms. The number of sulfonamides is 1. The minimum absolute atomic E-state index is 0.0300. The van der Waals surface area contributed by atoms with Crippen molar-refractivity contribution in [1.82, 2.24) is 4.90 Å². The Balaban J connectivity index is 1.90. The first-order valence-electron chi connectivity index (χ1n) is 9.02. The Labute approximate surface area is 160 Å². The lowest BCUT2D eigenvalue weighted by molar-refractivity contribution is 0.0708. The second-order valence-electron chi connectivity index (χ2n) is 7.05. The average Bonchev–Trinajstić information content (AvgIpc) is 2.63. The zero-order valence-corrected chi connectivity index (χ0v) is 16.4. The van der Waals surface area contributed by atoms with Crippen LogP contribution in [0.25, 0.3) is 0 Å². The summed E-state index contributed by atoms with van der Waals surface area (Å²) in [5.41, 5.74) is 8.47. The van der Waals surface area contributed by atoms with Crippen LogP contribution in [-0.2, 0) is 10.0 Å². The Bertz CT molecular complexity index is 957. The fraction of sp³-hybridized carbons (Fsp3) is 0.350. The lowest BCUT2D eigenvalue weighted by Gasteiger charge is -2.31. The van der Waals surface area contributed by atoms with Gasteiger partial charge in [0.2, 0.25) is 0 Å². The van der Waals surface area contributed by atoms with E-state index in [1.807, 2.05) is 26.0 Å². The highest BCUT2D eigenvalue weighted by Crippen LogP contribution is 2.23. The van der Waals surface area contributed by atoms with E-state index in [1.54, 1.807) is 23.1 Å². The molecule has 1 unspecified atom stereocenters. The summed E-state index contributed by atoms with van der Waals surface area (Å²) < 4.78 is 28.2. The van der Waals surface area contributed by atoms with Gasteiger partial charge in [0.15, 0.2) is 0 Å². The number of hydrogen-bond donors (Lipinski definition) is 2. The third-order valence-electron chi connectivity index (χ3n) is 4.88. The zero-order valence-electron chi connectivity index (χ0n) is 15.6. The second kappa shape index (κ2) is 7.70. The fourth-order valence-electron chi connectivity index (χ4n) is 3.25. The van der Waals surface area contributed by atoms with Gasteiger partial charge in [0, 0.05) is 24.7 Å². The van der Waals surface area contributed by atoms with E-state index >= 15 is 0 Å². The minimum Gasteiger partial charge on any atom is -0.337 e. The number of hydrogen-bond acceptors (Lipinski definition) is 4. The highest BCUT2D eigenvalue weighted by Gasteiger charge is 2.25. The summed E-state index contributed by atoms with van der Waals surface area (Å²) in [4.78, 5) is 14.7. The maximum atomic E-state index is 12.9. The third kappa shape index (κ3) is 4.31. The molecule has 0 spiro atoms. The van der Waals surface area contributed by atoms with Gasteiger partial charge in [-0.05, 0) is 56.0 Å². The van der Waals surface area contributed by atoms with Crippen molar-refractivity contribution >= 4 is 21.6 Å². The number of amides is 1. The van der Waals surface area contributed by atoms with Crippen molar-refractivity contribution in [1.29, 1.82) is 0 Å². The van der Waals surface area contributed by atoms with Gasteiger partial charge in [0.05, 0.1) is 10.6 Å². The molecule has 6 nitrogen and oxygen atoms in total. The molecule has 7 heteroatoms. The summed E-state index contributed by atoms with van der Waals surface area (Å²) in [6, 6.07) is 11.8. The number of piperidine rings is 1. The molecule has 2 aromatic carbocycles. The molecule has 1 atom stereocenters. The number of benzene rings is 2. The molecule has 0 radical (unpaired) electrons. The number of carbonyl (C=O) groups is 1. The van der Waals surface area contributed by atoms with Crippen LogP contribution in [0.1, 0.15) is 34.3 Å². The largest absolute Gasteiger partial charge is 0.337 e. The lowest BCUT2D eigenvalue weighted by Crippen LogP contribution is -2.45. The molecule has 2 aromatic rings. The summed E-state index contributed by atoms with van der Waals surface area (Å²) in [6.07, 6.45) is 1.76. The third-order valence-corrected chi connectivity index (χ3v) is 6.25. The van der Waals surface area contributed by atoms with Crippen LogP contribution in [0.3, 0.4) is 0 Å². The van der Waals surface area contributed by atoms with E-state index in [0.717, 1.165) is 24.0 Å². The van der Waals surface area contributed by atoms with Crippen molar-refractivity contribution in [3.8, 4) is 0 Å². The van der Waals surface area contributed by atoms with Crippen molar-refractivity contribution < 1.29 is 13.2 Å². The normalized spacial score (nSPS) is 17.6. The van der Waals surface area contributed by atoms with Gasteiger partial charge in [-0.1, -0.05) is 24.3 Å². The van der Waals surface area contributed by atoms with Gasteiger partial charge in [-0.2, -0.15) is 0 Å². The second-order valence-corrected chi connectivity index (χ2v) is 8.73. The predicted octanol–water partition coefficient (Wildman–Crippen LogP) is 2.67. The van der Waals surface area contributed by atoms with Gasteiger partial charge in [-0.15, -0.1) is 0 Å². The van der Waals surface area contributed by atoms with Gasteiger partial charge in [-0.3, -0.25) is 9.52 Å². The summed E-state index contributed by atoms with van der Waals surface area (Å²) in [6.45, 7) is 4.78. The van der Waals surface area contributed by atoms with E-state index in [9.17, 15) is 13.2 Å². The van der Waals surface area contributed by atoms with Crippen molar-refractivity contribution in [2.75, 3.05) is 17.8 Å². The first-order chi connectivity index (χ1) is 12.8. The van der Waals surface area contributed by atoms with Crippen LogP contribution in [0.5, 0.6) is 0 Å². The maximum absolute atomic E-state index is 12.9. The molecule has 27 heavy (non-hydrogen) atoms. The minimum atomic E-state index is -3.80. The van der Waals surface area contributed by atoms with Crippen LogP contribution in [0.15, 0.2) is 47.4 Å². The molecule has 1 aliphatic heterocycles. The van der Waals surface area contributed by atoms with Crippen molar-refractivity contribution in [3.63, 3.8) is 0 Å². The SMILES string of the molecule is Cc1ccccc1NS(=O)(=O)c1ccc(C)c(C(=O)N2CCCC(N)C2)c1.